The van der Waals surface area contributed by atoms with Crippen LogP contribution in [0.5, 0.6) is 5.75 Å². The highest BCUT2D eigenvalue weighted by molar-refractivity contribution is 9.11. The van der Waals surface area contributed by atoms with Crippen LogP contribution < -0.4 is 10.1 Å². The van der Waals surface area contributed by atoms with Gasteiger partial charge in [0.05, 0.1) is 0 Å². The second kappa shape index (κ2) is 8.91. The Balaban J connectivity index is 2.45. The van der Waals surface area contributed by atoms with E-state index in [2.05, 4.69) is 37.9 Å². The SMILES string of the molecule is CCC/C(=C(Br)\N=C(/C)c1ccc(C(=O)NC)cc1OC(F)(F)F)C1CC1. The van der Waals surface area contributed by atoms with Crippen LogP contribution in [0.25, 0.3) is 0 Å². The molecule has 0 atom stereocenters. The van der Waals surface area contributed by atoms with Crippen molar-refractivity contribution in [3.05, 3.63) is 39.5 Å². The van der Waals surface area contributed by atoms with E-state index in [1.165, 1.54) is 24.8 Å². The topological polar surface area (TPSA) is 50.7 Å². The Hall–Kier alpha value is -1.83. The molecule has 2 rings (SSSR count). The van der Waals surface area contributed by atoms with Gasteiger partial charge in [-0.15, -0.1) is 13.2 Å². The third-order valence-corrected chi connectivity index (χ3v) is 4.89. The van der Waals surface area contributed by atoms with E-state index in [4.69, 9.17) is 0 Å². The van der Waals surface area contributed by atoms with E-state index < -0.39 is 18.0 Å². The van der Waals surface area contributed by atoms with Crippen LogP contribution in [0.4, 0.5) is 13.2 Å². The third-order valence-electron chi connectivity index (χ3n) is 4.21. The number of halogens is 4. The fourth-order valence-electron chi connectivity index (χ4n) is 2.77. The van der Waals surface area contributed by atoms with Crippen LogP contribution in [0.1, 0.15) is 55.5 Å². The molecular weight excluding hydrogens is 425 g/mol. The van der Waals surface area contributed by atoms with E-state index in [1.807, 2.05) is 0 Å². The molecule has 0 spiro atoms. The highest BCUT2D eigenvalue weighted by Gasteiger charge is 2.33. The van der Waals surface area contributed by atoms with E-state index in [9.17, 15) is 18.0 Å². The van der Waals surface area contributed by atoms with Crippen LogP contribution in [0.2, 0.25) is 0 Å². The molecule has 1 aromatic carbocycles. The molecule has 148 valence electrons. The minimum absolute atomic E-state index is 0.0764. The van der Waals surface area contributed by atoms with Gasteiger partial charge in [-0.25, -0.2) is 4.99 Å². The molecule has 8 heteroatoms. The molecule has 0 unspecified atom stereocenters. The Kier molecular flexibility index (Phi) is 7.08. The maximum Gasteiger partial charge on any atom is 0.573 e. The number of benzene rings is 1. The zero-order valence-corrected chi connectivity index (χ0v) is 17.0. The number of rotatable bonds is 7. The summed E-state index contributed by atoms with van der Waals surface area (Å²) >= 11 is 3.48. The molecule has 4 nitrogen and oxygen atoms in total. The number of allylic oxidation sites excluding steroid dienone is 1. The number of hydrogen-bond acceptors (Lipinski definition) is 3. The Morgan fingerprint density at radius 2 is 2.04 bits per heavy atom. The average Bonchev–Trinajstić information content (AvgIpc) is 3.42. The van der Waals surface area contributed by atoms with Crippen molar-refractivity contribution < 1.29 is 22.7 Å². The van der Waals surface area contributed by atoms with Crippen molar-refractivity contribution >= 4 is 27.5 Å². The molecule has 1 saturated carbocycles. The summed E-state index contributed by atoms with van der Waals surface area (Å²) in [5, 5.41) is 2.38. The minimum atomic E-state index is -4.87. The van der Waals surface area contributed by atoms with Crippen LogP contribution in [-0.4, -0.2) is 25.0 Å². The first-order chi connectivity index (χ1) is 12.7. The number of amides is 1. The smallest absolute Gasteiger partial charge is 0.405 e. The summed E-state index contributed by atoms with van der Waals surface area (Å²) in [5.74, 6) is -0.450. The second-order valence-electron chi connectivity index (χ2n) is 6.38. The number of aliphatic imine (C=N–C) groups is 1. The molecule has 0 heterocycles. The highest BCUT2D eigenvalue weighted by Crippen LogP contribution is 2.42. The molecule has 1 aliphatic rings. The standard InChI is InChI=1S/C19H22BrF3N2O2/c1-4-5-15(12-6-7-12)17(20)25-11(2)14-9-8-13(18(26)24-3)10-16(14)27-19(21,22)23/h8-10,12H,4-7H2,1-3H3,(H,24,26)/b17-15+,25-11+. The van der Waals surface area contributed by atoms with Gasteiger partial charge in [-0.05, 0) is 71.8 Å². The highest BCUT2D eigenvalue weighted by atomic mass is 79.9. The zero-order valence-electron chi connectivity index (χ0n) is 15.4. The molecule has 1 aliphatic carbocycles. The largest absolute Gasteiger partial charge is 0.573 e. The van der Waals surface area contributed by atoms with Crippen molar-refractivity contribution in [2.45, 2.75) is 45.9 Å². The normalized spacial score (nSPS) is 16.0. The first-order valence-electron chi connectivity index (χ1n) is 8.72. The molecule has 0 saturated heterocycles. The van der Waals surface area contributed by atoms with Crippen LogP contribution in [-0.2, 0) is 0 Å². The monoisotopic (exact) mass is 446 g/mol. The summed E-state index contributed by atoms with van der Waals surface area (Å²) < 4.78 is 43.3. The number of carbonyl (C=O) groups is 1. The molecule has 1 amide bonds. The van der Waals surface area contributed by atoms with E-state index in [-0.39, 0.29) is 11.1 Å². The van der Waals surface area contributed by atoms with Crippen molar-refractivity contribution in [1.29, 1.82) is 0 Å². The lowest BCUT2D eigenvalue weighted by molar-refractivity contribution is -0.274. The first kappa shape index (κ1) is 21.5. The van der Waals surface area contributed by atoms with Crippen molar-refractivity contribution in [2.24, 2.45) is 10.9 Å². The van der Waals surface area contributed by atoms with Crippen molar-refractivity contribution in [3.63, 3.8) is 0 Å². The molecule has 0 bridgehead atoms. The predicted molar refractivity (Wildman–Crippen MR) is 102 cm³/mol. The summed E-state index contributed by atoms with van der Waals surface area (Å²) in [4.78, 5) is 16.2. The number of nitrogens with zero attached hydrogens (tertiary/aromatic N) is 1. The Labute approximate surface area is 165 Å². The van der Waals surface area contributed by atoms with Crippen LogP contribution in [0, 0.1) is 5.92 Å². The van der Waals surface area contributed by atoms with Gasteiger partial charge in [0.1, 0.15) is 10.4 Å². The second-order valence-corrected chi connectivity index (χ2v) is 7.13. The minimum Gasteiger partial charge on any atom is -0.405 e. The first-order valence-corrected chi connectivity index (χ1v) is 9.51. The van der Waals surface area contributed by atoms with Crippen LogP contribution >= 0.6 is 15.9 Å². The van der Waals surface area contributed by atoms with Gasteiger partial charge >= 0.3 is 6.36 Å². The van der Waals surface area contributed by atoms with Gasteiger partial charge in [0.25, 0.3) is 5.91 Å². The third kappa shape index (κ3) is 6.09. The zero-order chi connectivity index (χ0) is 20.2. The molecule has 1 N–H and O–H groups in total. The summed E-state index contributed by atoms with van der Waals surface area (Å²) in [6.45, 7) is 3.70. The fourth-order valence-corrected chi connectivity index (χ4v) is 3.56. The molecule has 0 radical (unpaired) electrons. The number of nitrogens with one attached hydrogen (secondary N) is 1. The number of alkyl halides is 3. The lowest BCUT2D eigenvalue weighted by atomic mass is 10.1. The molecule has 27 heavy (non-hydrogen) atoms. The maximum atomic E-state index is 12.8. The maximum absolute atomic E-state index is 12.8. The van der Waals surface area contributed by atoms with Gasteiger partial charge in [0, 0.05) is 23.9 Å². The van der Waals surface area contributed by atoms with Gasteiger partial charge in [0.15, 0.2) is 0 Å². The number of hydrogen-bond donors (Lipinski definition) is 1. The van der Waals surface area contributed by atoms with Gasteiger partial charge in [-0.2, -0.15) is 0 Å². The van der Waals surface area contributed by atoms with E-state index in [1.54, 1.807) is 6.92 Å². The Bertz CT molecular complexity index is 769. The average molecular weight is 447 g/mol. The van der Waals surface area contributed by atoms with Crippen molar-refractivity contribution in [3.8, 4) is 5.75 Å². The predicted octanol–water partition coefficient (Wildman–Crippen LogP) is 5.57. The molecule has 1 fully saturated rings. The number of carbonyl (C=O) groups excluding carboxylic acids is 1. The quantitative estimate of drug-likeness (QED) is 0.439. The molecule has 0 aromatic heterocycles. The van der Waals surface area contributed by atoms with Crippen LogP contribution in [0.3, 0.4) is 0 Å². The summed E-state index contributed by atoms with van der Waals surface area (Å²) in [7, 11) is 1.41. The lowest BCUT2D eigenvalue weighted by Crippen LogP contribution is -2.21. The van der Waals surface area contributed by atoms with Gasteiger partial charge in [-0.3, -0.25) is 4.79 Å². The van der Waals surface area contributed by atoms with Crippen molar-refractivity contribution in [2.75, 3.05) is 7.05 Å². The summed E-state index contributed by atoms with van der Waals surface area (Å²) in [6.07, 6.45) is -0.780. The summed E-state index contributed by atoms with van der Waals surface area (Å²) in [5.41, 5.74) is 1.83. The molecule has 0 aliphatic heterocycles. The Morgan fingerprint density at radius 1 is 1.37 bits per heavy atom. The van der Waals surface area contributed by atoms with E-state index in [0.29, 0.717) is 16.2 Å². The summed E-state index contributed by atoms with van der Waals surface area (Å²) in [6, 6.07) is 3.94. The van der Waals surface area contributed by atoms with Gasteiger partial charge in [0.2, 0.25) is 0 Å². The van der Waals surface area contributed by atoms with Gasteiger partial charge in [-0.1, -0.05) is 13.3 Å². The molecule has 1 aromatic rings. The fraction of sp³-hybridized carbons (Fsp3) is 0.474. The lowest BCUT2D eigenvalue weighted by Gasteiger charge is -2.15. The van der Waals surface area contributed by atoms with E-state index >= 15 is 0 Å². The van der Waals surface area contributed by atoms with Gasteiger partial charge < -0.3 is 10.1 Å². The Morgan fingerprint density at radius 3 is 2.56 bits per heavy atom. The van der Waals surface area contributed by atoms with Crippen molar-refractivity contribution in [1.82, 2.24) is 5.32 Å². The van der Waals surface area contributed by atoms with Crippen LogP contribution in [0.15, 0.2) is 33.4 Å². The van der Waals surface area contributed by atoms with E-state index in [0.717, 1.165) is 31.7 Å². The number of ether oxygens (including phenoxy) is 1. The molecular formula is C19H22BrF3N2O2.